The molecule has 0 radical (unpaired) electrons. The van der Waals surface area contributed by atoms with Crippen LogP contribution in [0.25, 0.3) is 0 Å². The zero-order chi connectivity index (χ0) is 19.1. The minimum atomic E-state index is -0.825. The molecule has 3 atom stereocenters. The lowest BCUT2D eigenvalue weighted by molar-refractivity contribution is -0.180. The highest BCUT2D eigenvalue weighted by atomic mass is 16.5. The molecule has 2 fully saturated rings. The Bertz CT molecular complexity index is 671. The van der Waals surface area contributed by atoms with Crippen LogP contribution in [0.1, 0.15) is 51.7 Å². The van der Waals surface area contributed by atoms with Crippen LogP contribution in [0.15, 0.2) is 0 Å². The number of amides is 1. The fourth-order valence-electron chi connectivity index (χ4n) is 4.46. The first kappa shape index (κ1) is 19.3. The van der Waals surface area contributed by atoms with Gasteiger partial charge in [-0.25, -0.2) is 9.67 Å². The van der Waals surface area contributed by atoms with Crippen molar-refractivity contribution in [2.75, 3.05) is 19.7 Å². The maximum atomic E-state index is 13.2. The molecule has 1 aromatic heterocycles. The van der Waals surface area contributed by atoms with Crippen molar-refractivity contribution >= 4 is 5.91 Å². The number of rotatable bonds is 5. The van der Waals surface area contributed by atoms with Crippen LogP contribution < -0.4 is 5.73 Å². The summed E-state index contributed by atoms with van der Waals surface area (Å²) >= 11 is 0. The molecule has 3 rings (SSSR count). The van der Waals surface area contributed by atoms with E-state index in [-0.39, 0.29) is 17.4 Å². The summed E-state index contributed by atoms with van der Waals surface area (Å²) in [7, 11) is 0. The molecule has 26 heavy (non-hydrogen) atoms. The number of nitrogens with two attached hydrogens (primary N) is 1. The molecule has 0 aromatic carbocycles. The minimum absolute atomic E-state index is 0.0582. The van der Waals surface area contributed by atoms with E-state index in [0.717, 1.165) is 44.1 Å². The summed E-state index contributed by atoms with van der Waals surface area (Å²) in [4.78, 5) is 19.6. The molecule has 2 N–H and O–H groups in total. The third-order valence-corrected chi connectivity index (χ3v) is 6.41. The van der Waals surface area contributed by atoms with Gasteiger partial charge in [0.15, 0.2) is 0 Å². The van der Waals surface area contributed by atoms with Gasteiger partial charge in [-0.2, -0.15) is 5.10 Å². The summed E-state index contributed by atoms with van der Waals surface area (Å²) in [6.45, 7) is 13.0. The van der Waals surface area contributed by atoms with Gasteiger partial charge in [0.2, 0.25) is 5.91 Å². The Morgan fingerprint density at radius 1 is 1.38 bits per heavy atom. The van der Waals surface area contributed by atoms with Crippen LogP contribution >= 0.6 is 0 Å². The number of piperidine rings is 1. The van der Waals surface area contributed by atoms with Gasteiger partial charge in [-0.15, -0.1) is 0 Å². The molecule has 1 saturated carbocycles. The van der Waals surface area contributed by atoms with Crippen molar-refractivity contribution in [2.45, 2.75) is 72.1 Å². The van der Waals surface area contributed by atoms with Crippen LogP contribution in [0.4, 0.5) is 0 Å². The molecule has 3 unspecified atom stereocenters. The Kier molecular flexibility index (Phi) is 5.14. The molecule has 7 heteroatoms. The van der Waals surface area contributed by atoms with Crippen LogP contribution in [0, 0.1) is 25.2 Å². The normalized spacial score (nSPS) is 30.9. The second-order valence-electron chi connectivity index (χ2n) is 8.49. The topological polar surface area (TPSA) is 86.3 Å². The fraction of sp³-hybridized carbons (Fsp3) is 0.842. The van der Waals surface area contributed by atoms with E-state index < -0.39 is 5.54 Å². The van der Waals surface area contributed by atoms with Crippen molar-refractivity contribution in [3.63, 3.8) is 0 Å². The van der Waals surface area contributed by atoms with Crippen molar-refractivity contribution in [2.24, 2.45) is 17.1 Å². The number of nitrogens with zero attached hydrogens (tertiary/aromatic N) is 4. The number of aromatic nitrogens is 3. The van der Waals surface area contributed by atoms with Crippen molar-refractivity contribution < 1.29 is 9.53 Å². The largest absolute Gasteiger partial charge is 0.378 e. The first-order valence-corrected chi connectivity index (χ1v) is 9.77. The lowest BCUT2D eigenvalue weighted by atomic mass is 9.54. The van der Waals surface area contributed by atoms with E-state index in [9.17, 15) is 4.79 Å². The third kappa shape index (κ3) is 3.16. The summed E-state index contributed by atoms with van der Waals surface area (Å²) in [6, 6.07) is 0. The predicted molar refractivity (Wildman–Crippen MR) is 99.5 cm³/mol. The van der Waals surface area contributed by atoms with Gasteiger partial charge in [0.25, 0.3) is 0 Å². The van der Waals surface area contributed by atoms with Crippen LogP contribution in [0.5, 0.6) is 0 Å². The highest BCUT2D eigenvalue weighted by molar-refractivity contribution is 5.89. The molecule has 146 valence electrons. The number of carbonyl (C=O) groups is 1. The first-order valence-electron chi connectivity index (χ1n) is 9.77. The molecule has 7 nitrogen and oxygen atoms in total. The highest BCUT2D eigenvalue weighted by Gasteiger charge is 2.63. The molecule has 2 heterocycles. The number of likely N-dealkylation sites (tertiary alicyclic amines) is 1. The predicted octanol–water partition coefficient (Wildman–Crippen LogP) is 1.67. The number of ether oxygens (including phenoxy) is 1. The smallest absolute Gasteiger partial charge is 0.243 e. The van der Waals surface area contributed by atoms with E-state index in [1.165, 1.54) is 0 Å². The van der Waals surface area contributed by atoms with E-state index >= 15 is 0 Å². The second kappa shape index (κ2) is 6.93. The van der Waals surface area contributed by atoms with Crippen molar-refractivity contribution in [3.05, 3.63) is 11.6 Å². The van der Waals surface area contributed by atoms with E-state index in [1.807, 2.05) is 30.4 Å². The number of hydrogen-bond donors (Lipinski definition) is 1. The Morgan fingerprint density at radius 3 is 2.69 bits per heavy atom. The quantitative estimate of drug-likeness (QED) is 0.860. The van der Waals surface area contributed by atoms with Crippen molar-refractivity contribution in [1.29, 1.82) is 0 Å². The van der Waals surface area contributed by atoms with E-state index in [0.29, 0.717) is 18.9 Å². The van der Waals surface area contributed by atoms with Gasteiger partial charge in [0.1, 0.15) is 17.2 Å². The van der Waals surface area contributed by atoms with Crippen LogP contribution in [0.2, 0.25) is 0 Å². The first-order chi connectivity index (χ1) is 12.2. The van der Waals surface area contributed by atoms with Crippen LogP contribution in [-0.4, -0.2) is 56.9 Å². The number of carbonyl (C=O) groups excluding carboxylic acids is 1. The fourth-order valence-corrected chi connectivity index (χ4v) is 4.46. The van der Waals surface area contributed by atoms with Crippen molar-refractivity contribution in [1.82, 2.24) is 19.7 Å². The van der Waals surface area contributed by atoms with Gasteiger partial charge >= 0.3 is 0 Å². The molecule has 1 aliphatic carbocycles. The molecule has 1 saturated heterocycles. The summed E-state index contributed by atoms with van der Waals surface area (Å²) < 4.78 is 7.74. The van der Waals surface area contributed by atoms with E-state index in [2.05, 4.69) is 23.9 Å². The lowest BCUT2D eigenvalue weighted by Gasteiger charge is -2.59. The van der Waals surface area contributed by atoms with Gasteiger partial charge in [-0.05, 0) is 39.5 Å². The van der Waals surface area contributed by atoms with E-state index in [1.54, 1.807) is 0 Å². The summed E-state index contributed by atoms with van der Waals surface area (Å²) in [5.41, 5.74) is 5.44. The van der Waals surface area contributed by atoms with Gasteiger partial charge in [-0.3, -0.25) is 4.79 Å². The molecular formula is C19H33N5O2. The van der Waals surface area contributed by atoms with Crippen LogP contribution in [-0.2, 0) is 16.1 Å². The van der Waals surface area contributed by atoms with Gasteiger partial charge in [0, 0.05) is 38.1 Å². The zero-order valence-corrected chi connectivity index (χ0v) is 16.8. The lowest BCUT2D eigenvalue weighted by Crippen LogP contribution is -2.76. The molecule has 2 aliphatic rings. The van der Waals surface area contributed by atoms with E-state index in [4.69, 9.17) is 10.5 Å². The third-order valence-electron chi connectivity index (χ3n) is 6.41. The Balaban J connectivity index is 1.66. The molecule has 1 amide bonds. The molecule has 0 bridgehead atoms. The molecule has 1 aliphatic heterocycles. The minimum Gasteiger partial charge on any atom is -0.378 e. The zero-order valence-electron chi connectivity index (χ0n) is 16.8. The average molecular weight is 364 g/mol. The van der Waals surface area contributed by atoms with Gasteiger partial charge < -0.3 is 15.4 Å². The molecular weight excluding hydrogens is 330 g/mol. The average Bonchev–Trinajstić information content (AvgIpc) is 2.91. The summed E-state index contributed by atoms with van der Waals surface area (Å²) in [6.07, 6.45) is 2.77. The summed E-state index contributed by atoms with van der Waals surface area (Å²) in [5.74, 6) is 2.20. The maximum Gasteiger partial charge on any atom is 0.243 e. The SMILES string of the molecule is CCOC1CC(N)(C(=O)N2CCCC(Cn3nc(C)nc3C)C2)C1(C)C. The molecule has 1 aromatic rings. The molecule has 0 spiro atoms. The standard InChI is InChI=1S/C19H33N5O2/c1-6-26-16-10-19(20,18(16,4)5)17(25)23-9-7-8-15(11-23)12-24-14(3)21-13(2)22-24/h15-16H,6-12,20H2,1-5H3. The Morgan fingerprint density at radius 2 is 2.12 bits per heavy atom. The van der Waals surface area contributed by atoms with Crippen LogP contribution in [0.3, 0.4) is 0 Å². The summed E-state index contributed by atoms with van der Waals surface area (Å²) in [5, 5.41) is 4.46. The highest BCUT2D eigenvalue weighted by Crippen LogP contribution is 2.50. The van der Waals surface area contributed by atoms with Gasteiger partial charge in [0.05, 0.1) is 6.10 Å². The Hall–Kier alpha value is -1.47. The number of aryl methyl sites for hydroxylation is 2. The number of hydrogen-bond acceptors (Lipinski definition) is 5. The maximum absolute atomic E-state index is 13.2. The monoisotopic (exact) mass is 363 g/mol. The second-order valence-corrected chi connectivity index (χ2v) is 8.49. The van der Waals surface area contributed by atoms with Gasteiger partial charge in [-0.1, -0.05) is 13.8 Å². The van der Waals surface area contributed by atoms with Crippen molar-refractivity contribution in [3.8, 4) is 0 Å². The Labute approximate surface area is 156 Å².